The van der Waals surface area contributed by atoms with Crippen LogP contribution in [0.25, 0.3) is 0 Å². The van der Waals surface area contributed by atoms with E-state index in [0.717, 1.165) is 12.8 Å². The summed E-state index contributed by atoms with van der Waals surface area (Å²) in [5.74, 6) is 1.39. The monoisotopic (exact) mass is 385 g/mol. The number of rotatable bonds is 2. The van der Waals surface area contributed by atoms with Crippen LogP contribution >= 0.6 is 0 Å². The first-order valence-electron chi connectivity index (χ1n) is 11.6. The lowest BCUT2D eigenvalue weighted by Gasteiger charge is -2.61. The number of Topliss-reactive ketones (excluding diaryl/α,β-unsaturated/α-hetero) is 1. The lowest BCUT2D eigenvalue weighted by Crippen LogP contribution is -2.55. The van der Waals surface area contributed by atoms with Crippen molar-refractivity contribution in [3.05, 3.63) is 12.2 Å². The average Bonchev–Trinajstić information content (AvgIpc) is 3.19. The van der Waals surface area contributed by atoms with Crippen molar-refractivity contribution < 1.29 is 9.90 Å². The predicted octanol–water partition coefficient (Wildman–Crippen LogP) is 4.45. The van der Waals surface area contributed by atoms with Gasteiger partial charge in [-0.2, -0.15) is 0 Å². The van der Waals surface area contributed by atoms with E-state index in [1.54, 1.807) is 6.92 Å². The van der Waals surface area contributed by atoms with Gasteiger partial charge in [-0.05, 0) is 106 Å². The quantitative estimate of drug-likeness (QED) is 0.714. The van der Waals surface area contributed by atoms with Crippen molar-refractivity contribution in [2.75, 3.05) is 14.1 Å². The summed E-state index contributed by atoms with van der Waals surface area (Å²) >= 11 is 0. The summed E-state index contributed by atoms with van der Waals surface area (Å²) in [6.45, 7) is 11.1. The Balaban J connectivity index is 1.52. The molecule has 2 spiro atoms. The summed E-state index contributed by atoms with van der Waals surface area (Å²) in [4.78, 5) is 14.9. The maximum Gasteiger partial charge on any atom is 0.136 e. The smallest absolute Gasteiger partial charge is 0.136 e. The molecule has 0 aromatic rings. The van der Waals surface area contributed by atoms with Crippen LogP contribution in [0, 0.1) is 39.4 Å². The molecule has 0 saturated heterocycles. The average molecular weight is 386 g/mol. The molecule has 5 aliphatic rings. The zero-order chi connectivity index (χ0) is 20.3. The van der Waals surface area contributed by atoms with Crippen molar-refractivity contribution in [2.24, 2.45) is 39.4 Å². The highest BCUT2D eigenvalue weighted by atomic mass is 16.3. The normalized spacial score (nSPS) is 57.2. The lowest BCUT2D eigenvalue weighted by molar-refractivity contribution is -0.141. The number of aliphatic hydroxyl groups is 1. The van der Waals surface area contributed by atoms with Crippen LogP contribution in [0.3, 0.4) is 0 Å². The van der Waals surface area contributed by atoms with E-state index in [2.05, 4.69) is 39.4 Å². The molecule has 28 heavy (non-hydrogen) atoms. The Kier molecular flexibility index (Phi) is 3.80. The number of ketones is 1. The largest absolute Gasteiger partial charge is 0.392 e. The molecule has 0 bridgehead atoms. The van der Waals surface area contributed by atoms with Gasteiger partial charge >= 0.3 is 0 Å². The number of fused-ring (bicyclic) bond motifs is 2. The minimum absolute atomic E-state index is 0.0391. The van der Waals surface area contributed by atoms with Crippen molar-refractivity contribution in [2.45, 2.75) is 84.3 Å². The molecule has 0 radical (unpaired) electrons. The van der Waals surface area contributed by atoms with E-state index in [1.807, 2.05) is 0 Å². The molecule has 1 N–H and O–H groups in total. The number of carbonyl (C=O) groups is 1. The summed E-state index contributed by atoms with van der Waals surface area (Å²) in [6, 6.07) is 0.546. The zero-order valence-electron chi connectivity index (χ0n) is 18.6. The molecule has 3 heteroatoms. The van der Waals surface area contributed by atoms with Gasteiger partial charge in [-0.1, -0.05) is 26.0 Å². The Morgan fingerprint density at radius 3 is 2.43 bits per heavy atom. The van der Waals surface area contributed by atoms with E-state index in [4.69, 9.17) is 0 Å². The van der Waals surface area contributed by atoms with Gasteiger partial charge in [0.25, 0.3) is 0 Å². The van der Waals surface area contributed by atoms with Gasteiger partial charge in [-0.3, -0.25) is 4.79 Å². The van der Waals surface area contributed by atoms with Crippen molar-refractivity contribution in [3.8, 4) is 0 Å². The minimum atomic E-state index is -0.450. The molecular formula is C25H39NO2. The molecule has 5 aliphatic carbocycles. The Labute approximate surface area is 170 Å². The second-order valence-electron chi connectivity index (χ2n) is 12.0. The molecule has 0 aliphatic heterocycles. The molecule has 5 fully saturated rings. The van der Waals surface area contributed by atoms with Gasteiger partial charge in [0.1, 0.15) is 5.78 Å². The van der Waals surface area contributed by atoms with E-state index >= 15 is 0 Å². The van der Waals surface area contributed by atoms with Crippen LogP contribution < -0.4 is 0 Å². The van der Waals surface area contributed by atoms with E-state index in [1.165, 1.54) is 44.1 Å². The first kappa shape index (κ1) is 19.3. The SMILES string of the molecule is C=C1[C@@H](N(C)C)CC[C@]23C[C@]24CC[C@]2(C)[C@@H](C(C)=O)[C@H](O)C[C@@]2(C)[C@@H]4CC[C@@H]13. The maximum absolute atomic E-state index is 12.5. The number of likely N-dealkylation sites (N-methyl/N-ethyl adjacent to an activating group) is 1. The van der Waals surface area contributed by atoms with Gasteiger partial charge in [0.05, 0.1) is 6.10 Å². The Hall–Kier alpha value is -0.670. The molecule has 5 saturated carbocycles. The Morgan fingerprint density at radius 1 is 1.07 bits per heavy atom. The summed E-state index contributed by atoms with van der Waals surface area (Å²) in [7, 11) is 4.41. The third-order valence-corrected chi connectivity index (χ3v) is 11.2. The van der Waals surface area contributed by atoms with Crippen molar-refractivity contribution >= 4 is 5.78 Å². The van der Waals surface area contributed by atoms with E-state index in [-0.39, 0.29) is 22.5 Å². The molecule has 5 rings (SSSR count). The van der Waals surface area contributed by atoms with Crippen LogP contribution in [0.2, 0.25) is 0 Å². The Morgan fingerprint density at radius 2 is 1.79 bits per heavy atom. The van der Waals surface area contributed by atoms with Crippen molar-refractivity contribution in [1.29, 1.82) is 0 Å². The van der Waals surface area contributed by atoms with Crippen LogP contribution in [0.4, 0.5) is 0 Å². The standard InChI is InChI=1S/C25H39NO2/c1-15-17-7-8-20-23(4)13-19(28)21(16(2)27)22(23,3)11-12-25(20)14-24(17,25)10-9-18(15)26(5)6/h17-21,28H,1,7-14H2,2-6H3/t17-,18-,19+,20-,21-,22+,23-,24+,25-/m0/s1. The van der Waals surface area contributed by atoms with Crippen molar-refractivity contribution in [3.63, 3.8) is 0 Å². The highest BCUT2D eigenvalue weighted by Gasteiger charge is 2.81. The minimum Gasteiger partial charge on any atom is -0.392 e. The number of hydrogen-bond acceptors (Lipinski definition) is 3. The fourth-order valence-electron chi connectivity index (χ4n) is 9.99. The highest BCUT2D eigenvalue weighted by Crippen LogP contribution is 2.87. The van der Waals surface area contributed by atoms with Crippen LogP contribution in [0.5, 0.6) is 0 Å². The van der Waals surface area contributed by atoms with Crippen LogP contribution in [0.15, 0.2) is 12.2 Å². The maximum atomic E-state index is 12.5. The lowest BCUT2D eigenvalue weighted by atomic mass is 9.43. The second-order valence-corrected chi connectivity index (χ2v) is 12.0. The van der Waals surface area contributed by atoms with Gasteiger partial charge in [0, 0.05) is 12.0 Å². The second kappa shape index (κ2) is 5.52. The molecule has 3 nitrogen and oxygen atoms in total. The Bertz CT molecular complexity index is 745. The molecule has 0 unspecified atom stereocenters. The molecule has 0 aromatic carbocycles. The number of nitrogens with zero attached hydrogens (tertiary/aromatic N) is 1. The third-order valence-electron chi connectivity index (χ3n) is 11.2. The molecular weight excluding hydrogens is 346 g/mol. The first-order valence-corrected chi connectivity index (χ1v) is 11.6. The predicted molar refractivity (Wildman–Crippen MR) is 112 cm³/mol. The van der Waals surface area contributed by atoms with Crippen molar-refractivity contribution in [1.82, 2.24) is 4.90 Å². The zero-order valence-corrected chi connectivity index (χ0v) is 18.6. The van der Waals surface area contributed by atoms with Crippen LogP contribution in [0.1, 0.15) is 72.1 Å². The summed E-state index contributed by atoms with van der Waals surface area (Å²) in [5, 5.41) is 10.9. The topological polar surface area (TPSA) is 40.5 Å². The fraction of sp³-hybridized carbons (Fsp3) is 0.880. The van der Waals surface area contributed by atoms with Gasteiger partial charge in [0.2, 0.25) is 0 Å². The van der Waals surface area contributed by atoms with Gasteiger partial charge < -0.3 is 10.0 Å². The summed E-state index contributed by atoms with van der Waals surface area (Å²) in [5.41, 5.74) is 2.48. The summed E-state index contributed by atoms with van der Waals surface area (Å²) < 4.78 is 0. The highest BCUT2D eigenvalue weighted by molar-refractivity contribution is 5.80. The van der Waals surface area contributed by atoms with Gasteiger partial charge in [-0.15, -0.1) is 0 Å². The summed E-state index contributed by atoms with van der Waals surface area (Å²) in [6.07, 6.45) is 9.25. The number of hydrogen-bond donors (Lipinski definition) is 1. The molecule has 0 heterocycles. The molecule has 156 valence electrons. The molecule has 0 aromatic heterocycles. The third kappa shape index (κ3) is 1.92. The van der Waals surface area contributed by atoms with E-state index in [9.17, 15) is 9.90 Å². The molecule has 0 amide bonds. The molecule has 9 atom stereocenters. The van der Waals surface area contributed by atoms with Gasteiger partial charge in [-0.25, -0.2) is 0 Å². The fourth-order valence-corrected chi connectivity index (χ4v) is 9.99. The number of aliphatic hydroxyl groups excluding tert-OH is 1. The number of carbonyl (C=O) groups excluding carboxylic acids is 1. The van der Waals surface area contributed by atoms with E-state index < -0.39 is 6.10 Å². The van der Waals surface area contributed by atoms with E-state index in [0.29, 0.717) is 28.7 Å². The first-order chi connectivity index (χ1) is 13.0. The van der Waals surface area contributed by atoms with Gasteiger partial charge in [0.15, 0.2) is 0 Å². The van der Waals surface area contributed by atoms with Crippen LogP contribution in [-0.2, 0) is 4.79 Å². The van der Waals surface area contributed by atoms with Crippen LogP contribution in [-0.4, -0.2) is 42.0 Å².